The quantitative estimate of drug-likeness (QED) is 0.744. The van der Waals surface area contributed by atoms with Crippen LogP contribution in [-0.2, 0) is 24.7 Å². The Labute approximate surface area is 151 Å². The molecule has 1 saturated heterocycles. The topological polar surface area (TPSA) is 101 Å². The standard InChI is InChI=1S/C14H18ClFN2O5S2/c1-2-18(8-14(19)17-11-5-6-24(20,21)9-11)25(22,23)13-4-3-10(15)7-12(13)16/h3-4,7,11H,2,5-6,8-9H2,1H3,(H,17,19)/t11-/m0/s1. The van der Waals surface area contributed by atoms with E-state index < -0.39 is 49.1 Å². The van der Waals surface area contributed by atoms with Crippen molar-refractivity contribution in [3.05, 3.63) is 29.0 Å². The van der Waals surface area contributed by atoms with Crippen molar-refractivity contribution in [2.45, 2.75) is 24.3 Å². The summed E-state index contributed by atoms with van der Waals surface area (Å²) in [7, 11) is -7.39. The van der Waals surface area contributed by atoms with Crippen LogP contribution in [0.3, 0.4) is 0 Å². The fraction of sp³-hybridized carbons (Fsp3) is 0.500. The number of carbonyl (C=O) groups excluding carboxylic acids is 1. The largest absolute Gasteiger partial charge is 0.351 e. The van der Waals surface area contributed by atoms with Crippen LogP contribution in [0.4, 0.5) is 4.39 Å². The highest BCUT2D eigenvalue weighted by molar-refractivity contribution is 7.91. The molecule has 25 heavy (non-hydrogen) atoms. The van der Waals surface area contributed by atoms with Gasteiger partial charge in [0.2, 0.25) is 15.9 Å². The summed E-state index contributed by atoms with van der Waals surface area (Å²) in [5, 5.41) is 2.56. The number of sulfone groups is 1. The number of nitrogens with zero attached hydrogens (tertiary/aromatic N) is 1. The van der Waals surface area contributed by atoms with E-state index in [1.54, 1.807) is 0 Å². The van der Waals surface area contributed by atoms with Crippen molar-refractivity contribution in [3.63, 3.8) is 0 Å². The number of benzene rings is 1. The Morgan fingerprint density at radius 3 is 2.64 bits per heavy atom. The number of sulfonamides is 1. The number of amides is 1. The molecule has 1 aromatic carbocycles. The van der Waals surface area contributed by atoms with Crippen molar-refractivity contribution in [1.29, 1.82) is 0 Å². The molecule has 1 amide bonds. The lowest BCUT2D eigenvalue weighted by atomic mass is 10.2. The molecule has 140 valence electrons. The Bertz CT molecular complexity index is 873. The van der Waals surface area contributed by atoms with E-state index in [1.165, 1.54) is 13.0 Å². The lowest BCUT2D eigenvalue weighted by molar-refractivity contribution is -0.121. The third-order valence-electron chi connectivity index (χ3n) is 3.78. The van der Waals surface area contributed by atoms with Gasteiger partial charge < -0.3 is 5.32 Å². The molecule has 1 aromatic rings. The molecule has 0 bridgehead atoms. The van der Waals surface area contributed by atoms with Gasteiger partial charge in [-0.1, -0.05) is 18.5 Å². The van der Waals surface area contributed by atoms with Crippen LogP contribution in [0.1, 0.15) is 13.3 Å². The normalized spacial score (nSPS) is 19.9. The molecule has 0 aromatic heterocycles. The highest BCUT2D eigenvalue weighted by atomic mass is 35.5. The van der Waals surface area contributed by atoms with Gasteiger partial charge in [-0.3, -0.25) is 4.79 Å². The minimum Gasteiger partial charge on any atom is -0.351 e. The van der Waals surface area contributed by atoms with Crippen LogP contribution >= 0.6 is 11.6 Å². The van der Waals surface area contributed by atoms with Gasteiger partial charge >= 0.3 is 0 Å². The average Bonchev–Trinajstić information content (AvgIpc) is 2.82. The van der Waals surface area contributed by atoms with Crippen molar-refractivity contribution in [2.75, 3.05) is 24.6 Å². The Balaban J connectivity index is 2.11. The molecule has 1 N–H and O–H groups in total. The van der Waals surface area contributed by atoms with Gasteiger partial charge in [-0.25, -0.2) is 21.2 Å². The molecule has 11 heteroatoms. The van der Waals surface area contributed by atoms with E-state index in [0.717, 1.165) is 16.4 Å². The van der Waals surface area contributed by atoms with Crippen LogP contribution in [0.25, 0.3) is 0 Å². The van der Waals surface area contributed by atoms with E-state index in [4.69, 9.17) is 11.6 Å². The molecule has 0 aliphatic carbocycles. The first kappa shape index (κ1) is 20.1. The van der Waals surface area contributed by atoms with Crippen molar-refractivity contribution in [2.24, 2.45) is 0 Å². The third-order valence-corrected chi connectivity index (χ3v) is 7.74. The van der Waals surface area contributed by atoms with Crippen molar-refractivity contribution in [1.82, 2.24) is 9.62 Å². The van der Waals surface area contributed by atoms with Crippen LogP contribution in [0.2, 0.25) is 5.02 Å². The van der Waals surface area contributed by atoms with E-state index in [0.29, 0.717) is 6.42 Å². The number of likely N-dealkylation sites (N-methyl/N-ethyl adjacent to an activating group) is 1. The van der Waals surface area contributed by atoms with E-state index >= 15 is 0 Å². The monoisotopic (exact) mass is 412 g/mol. The molecule has 1 aliphatic rings. The predicted octanol–water partition coefficient (Wildman–Crippen LogP) is 0.793. The van der Waals surface area contributed by atoms with Crippen molar-refractivity contribution in [3.8, 4) is 0 Å². The van der Waals surface area contributed by atoms with Crippen LogP contribution < -0.4 is 5.32 Å². The van der Waals surface area contributed by atoms with E-state index in [1.807, 2.05) is 0 Å². The molecule has 7 nitrogen and oxygen atoms in total. The molecular weight excluding hydrogens is 395 g/mol. The third kappa shape index (κ3) is 4.90. The van der Waals surface area contributed by atoms with Crippen LogP contribution in [0.5, 0.6) is 0 Å². The van der Waals surface area contributed by atoms with Crippen LogP contribution in [0.15, 0.2) is 23.1 Å². The molecular formula is C14H18ClFN2O5S2. The first-order chi connectivity index (χ1) is 11.5. The summed E-state index contributed by atoms with van der Waals surface area (Å²) in [5.41, 5.74) is 0. The second-order valence-corrected chi connectivity index (χ2v) is 10.2. The smallest absolute Gasteiger partial charge is 0.246 e. The number of nitrogens with one attached hydrogen (secondary N) is 1. The number of halogens is 2. The van der Waals surface area contributed by atoms with Crippen molar-refractivity contribution < 1.29 is 26.0 Å². The van der Waals surface area contributed by atoms with Gasteiger partial charge in [0, 0.05) is 17.6 Å². The second kappa shape index (κ2) is 7.56. The Hall–Kier alpha value is -1.23. The summed E-state index contributed by atoms with van der Waals surface area (Å²) < 4.78 is 62.6. The molecule has 1 heterocycles. The van der Waals surface area contributed by atoms with Gasteiger partial charge in [-0.05, 0) is 24.6 Å². The summed E-state index contributed by atoms with van der Waals surface area (Å²) in [5.74, 6) is -1.82. The maximum absolute atomic E-state index is 13.9. The van der Waals surface area contributed by atoms with Gasteiger partial charge in [0.1, 0.15) is 10.7 Å². The Kier molecular flexibility index (Phi) is 6.08. The molecule has 0 unspecified atom stereocenters. The van der Waals surface area contributed by atoms with Crippen LogP contribution in [0, 0.1) is 5.82 Å². The maximum Gasteiger partial charge on any atom is 0.246 e. The zero-order valence-electron chi connectivity index (χ0n) is 13.4. The van der Waals surface area contributed by atoms with Gasteiger partial charge in [0.25, 0.3) is 0 Å². The molecule has 1 fully saturated rings. The van der Waals surface area contributed by atoms with Crippen molar-refractivity contribution >= 4 is 37.4 Å². The number of rotatable bonds is 6. The van der Waals surface area contributed by atoms with Crippen LogP contribution in [-0.4, -0.2) is 57.7 Å². The second-order valence-electron chi connectivity index (χ2n) is 5.67. The minimum absolute atomic E-state index is 0.0102. The maximum atomic E-state index is 13.9. The summed E-state index contributed by atoms with van der Waals surface area (Å²) >= 11 is 5.62. The first-order valence-electron chi connectivity index (χ1n) is 7.50. The van der Waals surface area contributed by atoms with Gasteiger partial charge in [0.15, 0.2) is 9.84 Å². The first-order valence-corrected chi connectivity index (χ1v) is 11.1. The average molecular weight is 413 g/mol. The number of hydrogen-bond donors (Lipinski definition) is 1. The van der Waals surface area contributed by atoms with E-state index in [-0.39, 0.29) is 23.1 Å². The fourth-order valence-corrected chi connectivity index (χ4v) is 5.82. The fourth-order valence-electron chi connectivity index (χ4n) is 2.53. The highest BCUT2D eigenvalue weighted by Crippen LogP contribution is 2.22. The summed E-state index contributed by atoms with van der Waals surface area (Å²) in [6, 6.07) is 2.63. The lowest BCUT2D eigenvalue weighted by Crippen LogP contribution is -2.44. The number of hydrogen-bond acceptors (Lipinski definition) is 5. The number of carbonyl (C=O) groups is 1. The molecule has 0 saturated carbocycles. The predicted molar refractivity (Wildman–Crippen MR) is 91.0 cm³/mol. The zero-order valence-corrected chi connectivity index (χ0v) is 15.8. The SMILES string of the molecule is CCN(CC(=O)N[C@H]1CCS(=O)(=O)C1)S(=O)(=O)c1ccc(Cl)cc1F. The minimum atomic E-state index is -4.23. The summed E-state index contributed by atoms with van der Waals surface area (Å²) in [4.78, 5) is 11.5. The van der Waals surface area contributed by atoms with E-state index in [9.17, 15) is 26.0 Å². The Morgan fingerprint density at radius 1 is 1.44 bits per heavy atom. The molecule has 1 aliphatic heterocycles. The van der Waals surface area contributed by atoms with Gasteiger partial charge in [-0.15, -0.1) is 0 Å². The summed E-state index contributed by atoms with van der Waals surface area (Å²) in [6.07, 6.45) is 0.290. The van der Waals surface area contributed by atoms with Gasteiger partial charge in [0.05, 0.1) is 18.1 Å². The highest BCUT2D eigenvalue weighted by Gasteiger charge is 2.31. The zero-order chi connectivity index (χ0) is 18.8. The molecule has 0 radical (unpaired) electrons. The lowest BCUT2D eigenvalue weighted by Gasteiger charge is -2.21. The van der Waals surface area contributed by atoms with E-state index in [2.05, 4.69) is 5.32 Å². The molecule has 0 spiro atoms. The molecule has 1 atom stereocenters. The van der Waals surface area contributed by atoms with Gasteiger partial charge in [-0.2, -0.15) is 4.31 Å². The molecule has 2 rings (SSSR count). The Morgan fingerprint density at radius 2 is 2.12 bits per heavy atom. The summed E-state index contributed by atoms with van der Waals surface area (Å²) in [6.45, 7) is 0.927.